The smallest absolute Gasteiger partial charge is 0.469 e. The molecule has 4 N–H and O–H groups in total. The van der Waals surface area contributed by atoms with E-state index in [-0.39, 0.29) is 19.4 Å². The van der Waals surface area contributed by atoms with Gasteiger partial charge in [-0.15, -0.1) is 4.73 Å². The highest BCUT2D eigenvalue weighted by Gasteiger charge is 2.15. The van der Waals surface area contributed by atoms with Gasteiger partial charge in [-0.1, -0.05) is 0 Å². The molecule has 0 spiro atoms. The predicted octanol–water partition coefficient (Wildman–Crippen LogP) is -0.256. The summed E-state index contributed by atoms with van der Waals surface area (Å²) >= 11 is 0. The maximum Gasteiger partial charge on any atom is 0.469 e. The molecule has 0 aliphatic carbocycles. The maximum atomic E-state index is 11.2. The van der Waals surface area contributed by atoms with E-state index < -0.39 is 25.6 Å². The molecule has 0 saturated heterocycles. The summed E-state index contributed by atoms with van der Waals surface area (Å²) in [4.78, 5) is 32.5. The van der Waals surface area contributed by atoms with Gasteiger partial charge in [-0.05, 0) is 6.42 Å². The Labute approximate surface area is 101 Å². The minimum atomic E-state index is -4.54. The van der Waals surface area contributed by atoms with Crippen LogP contribution in [0.4, 0.5) is 0 Å². The standard InChI is InChI=1S/C8H12NO8P/c10-6-3-4-7(11)9(6)17-8(12)2-1-5-16-18(13,14)15/h3-4,10-11H,1-2,5H2,(H2,13,14,15). The van der Waals surface area contributed by atoms with Gasteiger partial charge in [0.2, 0.25) is 11.8 Å². The lowest BCUT2D eigenvalue weighted by molar-refractivity contribution is -0.145. The van der Waals surface area contributed by atoms with Crippen LogP contribution in [0.25, 0.3) is 0 Å². The molecule has 0 fully saturated rings. The van der Waals surface area contributed by atoms with E-state index in [0.29, 0.717) is 4.73 Å². The van der Waals surface area contributed by atoms with Crippen LogP contribution in [0, 0.1) is 0 Å². The van der Waals surface area contributed by atoms with Crippen molar-refractivity contribution in [1.82, 2.24) is 4.73 Å². The lowest BCUT2D eigenvalue weighted by atomic mass is 10.3. The van der Waals surface area contributed by atoms with Crippen LogP contribution in [0.15, 0.2) is 12.1 Å². The molecule has 1 aromatic heterocycles. The number of hydrogen-bond donors (Lipinski definition) is 4. The van der Waals surface area contributed by atoms with E-state index >= 15 is 0 Å². The molecule has 0 amide bonds. The summed E-state index contributed by atoms with van der Waals surface area (Å²) in [6.45, 7) is -0.316. The van der Waals surface area contributed by atoms with Crippen molar-refractivity contribution in [2.24, 2.45) is 0 Å². The van der Waals surface area contributed by atoms with Gasteiger partial charge in [-0.25, -0.2) is 9.36 Å². The van der Waals surface area contributed by atoms with Crippen LogP contribution < -0.4 is 4.84 Å². The minimum absolute atomic E-state index is 0.0206. The van der Waals surface area contributed by atoms with Crippen molar-refractivity contribution in [3.05, 3.63) is 12.1 Å². The van der Waals surface area contributed by atoms with E-state index in [1.54, 1.807) is 0 Å². The summed E-state index contributed by atoms with van der Waals surface area (Å²) in [7, 11) is -4.54. The van der Waals surface area contributed by atoms with E-state index in [1.807, 2.05) is 0 Å². The van der Waals surface area contributed by atoms with Crippen molar-refractivity contribution in [2.45, 2.75) is 12.8 Å². The van der Waals surface area contributed by atoms with Crippen molar-refractivity contribution < 1.29 is 38.7 Å². The summed E-state index contributed by atoms with van der Waals surface area (Å²) in [6, 6.07) is 2.25. The second-order valence-corrected chi connectivity index (χ2v) is 4.47. The fourth-order valence-electron chi connectivity index (χ4n) is 1.04. The molecular weight excluding hydrogens is 269 g/mol. The van der Waals surface area contributed by atoms with Crippen molar-refractivity contribution >= 4 is 13.8 Å². The molecule has 0 aliphatic rings. The number of nitrogens with zero attached hydrogens (tertiary/aromatic N) is 1. The third-order valence-electron chi connectivity index (χ3n) is 1.78. The second-order valence-electron chi connectivity index (χ2n) is 3.23. The monoisotopic (exact) mass is 281 g/mol. The van der Waals surface area contributed by atoms with E-state index in [9.17, 15) is 9.36 Å². The Bertz CT molecular complexity index is 444. The van der Waals surface area contributed by atoms with Gasteiger partial charge in [0, 0.05) is 12.1 Å². The molecule has 0 radical (unpaired) electrons. The molecule has 0 saturated carbocycles. The number of hydrogen-bond acceptors (Lipinski definition) is 6. The molecule has 0 aromatic carbocycles. The molecule has 0 atom stereocenters. The average molecular weight is 281 g/mol. The fourth-order valence-corrected chi connectivity index (χ4v) is 1.41. The second kappa shape index (κ2) is 5.87. The number of carbonyl (C=O) groups is 1. The van der Waals surface area contributed by atoms with Crippen LogP contribution in [0.2, 0.25) is 0 Å². The zero-order valence-corrected chi connectivity index (χ0v) is 9.99. The Hall–Kier alpha value is -1.54. The summed E-state index contributed by atoms with van der Waals surface area (Å²) < 4.78 is 14.9. The first-order valence-electron chi connectivity index (χ1n) is 4.80. The molecule has 1 heterocycles. The number of rotatable bonds is 6. The van der Waals surface area contributed by atoms with Crippen LogP contribution in [0.5, 0.6) is 11.8 Å². The summed E-state index contributed by atoms with van der Waals surface area (Å²) in [5.41, 5.74) is 0. The summed E-state index contributed by atoms with van der Waals surface area (Å²) in [5, 5.41) is 18.3. The van der Waals surface area contributed by atoms with Gasteiger partial charge >= 0.3 is 13.8 Å². The van der Waals surface area contributed by atoms with Gasteiger partial charge in [-0.2, -0.15) is 0 Å². The molecule has 0 unspecified atom stereocenters. The van der Waals surface area contributed by atoms with Gasteiger partial charge in [0.05, 0.1) is 13.0 Å². The Morgan fingerprint density at radius 1 is 1.28 bits per heavy atom. The van der Waals surface area contributed by atoms with Gasteiger partial charge in [0.1, 0.15) is 0 Å². The number of aromatic hydroxyl groups is 2. The Morgan fingerprint density at radius 3 is 2.33 bits per heavy atom. The Balaban J connectivity index is 2.33. The lowest BCUT2D eigenvalue weighted by Crippen LogP contribution is -2.19. The molecule has 0 aliphatic heterocycles. The molecule has 102 valence electrons. The minimum Gasteiger partial charge on any atom is -0.492 e. The van der Waals surface area contributed by atoms with Gasteiger partial charge in [0.15, 0.2) is 0 Å². The van der Waals surface area contributed by atoms with Gasteiger partial charge in [-0.3, -0.25) is 4.52 Å². The molecular formula is C8H12NO8P. The quantitative estimate of drug-likeness (QED) is 0.413. The molecule has 1 aromatic rings. The van der Waals surface area contributed by atoms with Crippen molar-refractivity contribution in [1.29, 1.82) is 0 Å². The first-order chi connectivity index (χ1) is 8.29. The maximum absolute atomic E-state index is 11.2. The zero-order valence-electron chi connectivity index (χ0n) is 9.09. The first kappa shape index (κ1) is 14.5. The van der Waals surface area contributed by atoms with Crippen LogP contribution in [-0.2, 0) is 13.9 Å². The van der Waals surface area contributed by atoms with Crippen LogP contribution in [-0.4, -0.2) is 37.3 Å². The number of carbonyl (C=O) groups excluding carboxylic acids is 1. The first-order valence-corrected chi connectivity index (χ1v) is 6.33. The lowest BCUT2D eigenvalue weighted by Gasteiger charge is -2.07. The third kappa shape index (κ3) is 4.76. The predicted molar refractivity (Wildman–Crippen MR) is 56.6 cm³/mol. The van der Waals surface area contributed by atoms with Crippen LogP contribution >= 0.6 is 7.82 Å². The highest BCUT2D eigenvalue weighted by molar-refractivity contribution is 7.46. The molecule has 9 nitrogen and oxygen atoms in total. The largest absolute Gasteiger partial charge is 0.492 e. The summed E-state index contributed by atoms with van der Waals surface area (Å²) in [6.07, 6.45) is -0.177. The number of aromatic nitrogens is 1. The van der Waals surface area contributed by atoms with Gasteiger partial charge < -0.3 is 24.8 Å². The number of phosphoric acid groups is 1. The van der Waals surface area contributed by atoms with E-state index in [1.165, 1.54) is 0 Å². The van der Waals surface area contributed by atoms with Crippen molar-refractivity contribution in [2.75, 3.05) is 6.61 Å². The topological polar surface area (TPSA) is 138 Å². The summed E-state index contributed by atoms with van der Waals surface area (Å²) in [5.74, 6) is -1.70. The fraction of sp³-hybridized carbons (Fsp3) is 0.375. The Kier molecular flexibility index (Phi) is 4.74. The normalized spacial score (nSPS) is 11.4. The molecule has 18 heavy (non-hydrogen) atoms. The highest BCUT2D eigenvalue weighted by Crippen LogP contribution is 2.35. The van der Waals surface area contributed by atoms with Crippen LogP contribution in [0.3, 0.4) is 0 Å². The van der Waals surface area contributed by atoms with Crippen LogP contribution in [0.1, 0.15) is 12.8 Å². The highest BCUT2D eigenvalue weighted by atomic mass is 31.2. The molecule has 0 bridgehead atoms. The SMILES string of the molecule is O=C(CCCOP(=O)(O)O)On1c(O)ccc1O. The van der Waals surface area contributed by atoms with Crippen molar-refractivity contribution in [3.8, 4) is 11.8 Å². The third-order valence-corrected chi connectivity index (χ3v) is 2.29. The van der Waals surface area contributed by atoms with E-state index in [0.717, 1.165) is 12.1 Å². The Morgan fingerprint density at radius 2 is 1.83 bits per heavy atom. The average Bonchev–Trinajstić information content (AvgIpc) is 2.55. The molecule has 1 rings (SSSR count). The van der Waals surface area contributed by atoms with Gasteiger partial charge in [0.25, 0.3) is 0 Å². The zero-order chi connectivity index (χ0) is 13.8. The van der Waals surface area contributed by atoms with E-state index in [2.05, 4.69) is 9.36 Å². The molecule has 10 heteroatoms. The van der Waals surface area contributed by atoms with Crippen molar-refractivity contribution in [3.63, 3.8) is 0 Å². The number of phosphoric ester groups is 1. The van der Waals surface area contributed by atoms with E-state index in [4.69, 9.17) is 20.0 Å².